The van der Waals surface area contributed by atoms with Gasteiger partial charge in [0, 0.05) is 23.8 Å². The molecule has 84 valence electrons. The van der Waals surface area contributed by atoms with Crippen LogP contribution in [0.4, 0.5) is 0 Å². The number of aliphatic hydroxyl groups excluding tert-OH is 1. The summed E-state index contributed by atoms with van der Waals surface area (Å²) in [6, 6.07) is 0. The van der Waals surface area contributed by atoms with Gasteiger partial charge in [-0.3, -0.25) is 4.79 Å². The standard InChI is InChI=1S/C11H17NO2S/c1-4-7(2)10(14)11-12-8(3)9(15-11)5-6-13/h7,13H,4-6H2,1-3H3. The van der Waals surface area contributed by atoms with E-state index in [0.717, 1.165) is 17.0 Å². The SMILES string of the molecule is CCC(C)C(=O)c1nc(C)c(CCO)s1. The molecule has 0 aliphatic carbocycles. The van der Waals surface area contributed by atoms with Gasteiger partial charge in [-0.1, -0.05) is 13.8 Å². The van der Waals surface area contributed by atoms with E-state index in [0.29, 0.717) is 11.4 Å². The van der Waals surface area contributed by atoms with Crippen LogP contribution in [0.3, 0.4) is 0 Å². The van der Waals surface area contributed by atoms with Crippen molar-refractivity contribution >= 4 is 17.1 Å². The summed E-state index contributed by atoms with van der Waals surface area (Å²) in [7, 11) is 0. The molecule has 0 amide bonds. The van der Waals surface area contributed by atoms with Crippen LogP contribution >= 0.6 is 11.3 Å². The zero-order valence-electron chi connectivity index (χ0n) is 9.41. The zero-order chi connectivity index (χ0) is 11.4. The maximum atomic E-state index is 11.8. The number of nitrogens with zero attached hydrogens (tertiary/aromatic N) is 1. The Labute approximate surface area is 94.2 Å². The molecule has 1 heterocycles. The molecule has 1 rings (SSSR count). The molecule has 0 saturated carbocycles. The van der Waals surface area contributed by atoms with E-state index in [4.69, 9.17) is 5.11 Å². The molecule has 0 fully saturated rings. The second-order valence-corrected chi connectivity index (χ2v) is 4.76. The number of carbonyl (C=O) groups excluding carboxylic acids is 1. The number of rotatable bonds is 5. The quantitative estimate of drug-likeness (QED) is 0.785. The first-order valence-corrected chi connectivity index (χ1v) is 6.03. The Kier molecular flexibility index (Phi) is 4.42. The molecule has 0 bridgehead atoms. The average molecular weight is 227 g/mol. The van der Waals surface area contributed by atoms with Crippen molar-refractivity contribution in [2.75, 3.05) is 6.61 Å². The minimum Gasteiger partial charge on any atom is -0.396 e. The maximum Gasteiger partial charge on any atom is 0.194 e. The number of hydrogen-bond acceptors (Lipinski definition) is 4. The summed E-state index contributed by atoms with van der Waals surface area (Å²) in [5.74, 6) is 0.160. The van der Waals surface area contributed by atoms with Gasteiger partial charge in [-0.15, -0.1) is 11.3 Å². The number of hydrogen-bond donors (Lipinski definition) is 1. The lowest BCUT2D eigenvalue weighted by Gasteiger charge is -2.02. The van der Waals surface area contributed by atoms with Gasteiger partial charge in [0.25, 0.3) is 0 Å². The summed E-state index contributed by atoms with van der Waals surface area (Å²) in [6.07, 6.45) is 1.43. The van der Waals surface area contributed by atoms with Gasteiger partial charge in [0.2, 0.25) is 0 Å². The van der Waals surface area contributed by atoms with Crippen LogP contribution in [0.2, 0.25) is 0 Å². The molecule has 0 aliphatic rings. The third-order valence-corrected chi connectivity index (χ3v) is 3.73. The predicted molar refractivity (Wildman–Crippen MR) is 61.4 cm³/mol. The Bertz CT molecular complexity index is 346. The smallest absolute Gasteiger partial charge is 0.194 e. The molecule has 15 heavy (non-hydrogen) atoms. The second kappa shape index (κ2) is 5.37. The minimum absolute atomic E-state index is 0.0394. The second-order valence-electron chi connectivity index (χ2n) is 3.67. The van der Waals surface area contributed by atoms with Crippen LogP contribution in [0, 0.1) is 12.8 Å². The summed E-state index contributed by atoms with van der Waals surface area (Å²) < 4.78 is 0. The van der Waals surface area contributed by atoms with Crippen molar-refractivity contribution in [3.05, 3.63) is 15.6 Å². The van der Waals surface area contributed by atoms with Crippen molar-refractivity contribution < 1.29 is 9.90 Å². The van der Waals surface area contributed by atoms with Crippen molar-refractivity contribution in [1.82, 2.24) is 4.98 Å². The van der Waals surface area contributed by atoms with Gasteiger partial charge in [-0.2, -0.15) is 0 Å². The maximum absolute atomic E-state index is 11.8. The third-order valence-electron chi connectivity index (χ3n) is 2.50. The Morgan fingerprint density at radius 2 is 2.27 bits per heavy atom. The monoisotopic (exact) mass is 227 g/mol. The molecule has 3 nitrogen and oxygen atoms in total. The molecule has 1 aromatic rings. The number of carbonyl (C=O) groups is 1. The fourth-order valence-corrected chi connectivity index (χ4v) is 2.37. The van der Waals surface area contributed by atoms with Gasteiger partial charge >= 0.3 is 0 Å². The molecule has 1 unspecified atom stereocenters. The van der Waals surface area contributed by atoms with E-state index < -0.39 is 0 Å². The number of aromatic nitrogens is 1. The van der Waals surface area contributed by atoms with Gasteiger partial charge in [-0.05, 0) is 13.3 Å². The first-order valence-electron chi connectivity index (χ1n) is 5.21. The average Bonchev–Trinajstić information content (AvgIpc) is 2.59. The van der Waals surface area contributed by atoms with Crippen LogP contribution in [0.1, 0.15) is 40.6 Å². The highest BCUT2D eigenvalue weighted by Crippen LogP contribution is 2.22. The molecule has 0 saturated heterocycles. The van der Waals surface area contributed by atoms with Crippen LogP contribution in [0.5, 0.6) is 0 Å². The number of thiazole rings is 1. The van der Waals surface area contributed by atoms with Crippen molar-refractivity contribution in [1.29, 1.82) is 0 Å². The van der Waals surface area contributed by atoms with E-state index >= 15 is 0 Å². The van der Waals surface area contributed by atoms with E-state index in [9.17, 15) is 4.79 Å². The molecular formula is C11H17NO2S. The van der Waals surface area contributed by atoms with E-state index in [1.165, 1.54) is 11.3 Å². The third kappa shape index (κ3) is 2.86. The zero-order valence-corrected chi connectivity index (χ0v) is 10.2. The van der Waals surface area contributed by atoms with E-state index in [2.05, 4.69) is 4.98 Å². The highest BCUT2D eigenvalue weighted by Gasteiger charge is 2.18. The summed E-state index contributed by atoms with van der Waals surface area (Å²) in [5, 5.41) is 9.43. The lowest BCUT2D eigenvalue weighted by atomic mass is 10.0. The van der Waals surface area contributed by atoms with Gasteiger partial charge in [0.05, 0.1) is 5.69 Å². The first kappa shape index (κ1) is 12.3. The van der Waals surface area contributed by atoms with Crippen molar-refractivity contribution in [3.63, 3.8) is 0 Å². The number of Topliss-reactive ketones (excluding diaryl/α,β-unsaturated/α-hetero) is 1. The largest absolute Gasteiger partial charge is 0.396 e. The Balaban J connectivity index is 2.87. The number of aliphatic hydroxyl groups is 1. The predicted octanol–water partition coefficient (Wildman–Crippen LogP) is 2.22. The Morgan fingerprint density at radius 1 is 1.60 bits per heavy atom. The Morgan fingerprint density at radius 3 is 2.80 bits per heavy atom. The number of ketones is 1. The van der Waals surface area contributed by atoms with Crippen LogP contribution < -0.4 is 0 Å². The first-order chi connectivity index (χ1) is 7.10. The molecule has 1 aromatic heterocycles. The molecule has 0 aromatic carbocycles. The normalized spacial score (nSPS) is 12.8. The fraction of sp³-hybridized carbons (Fsp3) is 0.636. The van der Waals surface area contributed by atoms with Gasteiger partial charge in [-0.25, -0.2) is 4.98 Å². The van der Waals surface area contributed by atoms with Gasteiger partial charge < -0.3 is 5.11 Å². The van der Waals surface area contributed by atoms with Gasteiger partial charge in [0.15, 0.2) is 10.8 Å². The van der Waals surface area contributed by atoms with E-state index in [1.807, 2.05) is 20.8 Å². The van der Waals surface area contributed by atoms with E-state index in [1.54, 1.807) is 0 Å². The van der Waals surface area contributed by atoms with Crippen LogP contribution in [0.25, 0.3) is 0 Å². The van der Waals surface area contributed by atoms with Crippen molar-refractivity contribution in [3.8, 4) is 0 Å². The van der Waals surface area contributed by atoms with Crippen LogP contribution in [0.15, 0.2) is 0 Å². The summed E-state index contributed by atoms with van der Waals surface area (Å²) in [5.41, 5.74) is 0.876. The molecule has 0 spiro atoms. The van der Waals surface area contributed by atoms with Crippen LogP contribution in [-0.4, -0.2) is 22.5 Å². The Hall–Kier alpha value is -0.740. The van der Waals surface area contributed by atoms with Crippen molar-refractivity contribution in [2.24, 2.45) is 5.92 Å². The molecule has 1 atom stereocenters. The van der Waals surface area contributed by atoms with Crippen LogP contribution in [-0.2, 0) is 6.42 Å². The molecule has 0 aliphatic heterocycles. The number of aryl methyl sites for hydroxylation is 1. The summed E-state index contributed by atoms with van der Waals surface area (Å²) >= 11 is 1.42. The molecular weight excluding hydrogens is 210 g/mol. The minimum atomic E-state index is 0.0394. The van der Waals surface area contributed by atoms with E-state index in [-0.39, 0.29) is 18.3 Å². The molecule has 4 heteroatoms. The van der Waals surface area contributed by atoms with Crippen molar-refractivity contribution in [2.45, 2.75) is 33.6 Å². The lowest BCUT2D eigenvalue weighted by molar-refractivity contribution is 0.0926. The summed E-state index contributed by atoms with van der Waals surface area (Å²) in [6.45, 7) is 5.91. The molecule has 0 radical (unpaired) electrons. The fourth-order valence-electron chi connectivity index (χ4n) is 1.26. The molecule has 1 N–H and O–H groups in total. The lowest BCUT2D eigenvalue weighted by Crippen LogP contribution is -2.09. The topological polar surface area (TPSA) is 50.2 Å². The van der Waals surface area contributed by atoms with Gasteiger partial charge in [0.1, 0.15) is 0 Å². The highest BCUT2D eigenvalue weighted by molar-refractivity contribution is 7.13. The highest BCUT2D eigenvalue weighted by atomic mass is 32.1. The summed E-state index contributed by atoms with van der Waals surface area (Å²) in [4.78, 5) is 17.1.